The highest BCUT2D eigenvalue weighted by Crippen LogP contribution is 2.52. The number of anilines is 1. The molecule has 11 heteroatoms. The fourth-order valence-electron chi connectivity index (χ4n) is 6.32. The lowest BCUT2D eigenvalue weighted by molar-refractivity contribution is -0.128. The first-order valence-corrected chi connectivity index (χ1v) is 12.5. The molecule has 38 heavy (non-hydrogen) atoms. The van der Waals surface area contributed by atoms with Crippen molar-refractivity contribution in [3.05, 3.63) is 63.5 Å². The van der Waals surface area contributed by atoms with Crippen molar-refractivity contribution in [1.82, 2.24) is 19.4 Å². The molecule has 3 heterocycles. The molecule has 3 atom stereocenters. The van der Waals surface area contributed by atoms with Crippen LogP contribution in [0.25, 0.3) is 11.0 Å². The Kier molecular flexibility index (Phi) is 6.66. The minimum Gasteiger partial charge on any atom is -0.373 e. The molecule has 2 aliphatic rings. The highest BCUT2D eigenvalue weighted by Gasteiger charge is 2.55. The summed E-state index contributed by atoms with van der Waals surface area (Å²) in [5.74, 6) is -0.355. The van der Waals surface area contributed by atoms with E-state index in [1.165, 1.54) is 23.0 Å². The molecule has 2 fully saturated rings. The van der Waals surface area contributed by atoms with Gasteiger partial charge in [-0.3, -0.25) is 14.2 Å². The number of aryl methyl sites for hydroxylation is 1. The number of carbonyl (C=O) groups is 1. The van der Waals surface area contributed by atoms with Crippen molar-refractivity contribution >= 4 is 22.8 Å². The van der Waals surface area contributed by atoms with Crippen LogP contribution in [0.2, 0.25) is 0 Å². The van der Waals surface area contributed by atoms with Crippen molar-refractivity contribution in [2.24, 2.45) is 18.9 Å². The molecule has 3 unspecified atom stereocenters. The molecule has 1 aliphatic heterocycles. The van der Waals surface area contributed by atoms with E-state index >= 15 is 0 Å². The smallest absolute Gasteiger partial charge is 0.266 e. The zero-order valence-corrected chi connectivity index (χ0v) is 21.7. The number of alkyl halides is 2. The van der Waals surface area contributed by atoms with Gasteiger partial charge in [0, 0.05) is 59.2 Å². The van der Waals surface area contributed by atoms with Crippen LogP contribution >= 0.6 is 0 Å². The van der Waals surface area contributed by atoms with E-state index < -0.39 is 23.4 Å². The fraction of sp³-hybridized carbons (Fsp3) is 0.481. The van der Waals surface area contributed by atoms with Crippen LogP contribution in [0.3, 0.4) is 0 Å². The molecule has 1 saturated heterocycles. The van der Waals surface area contributed by atoms with Crippen LogP contribution in [-0.4, -0.2) is 52.6 Å². The average molecular weight is 530 g/mol. The molecule has 1 amide bonds. The Hall–Kier alpha value is -3.47. The summed E-state index contributed by atoms with van der Waals surface area (Å²) in [7, 11) is 4.90. The van der Waals surface area contributed by atoms with Gasteiger partial charge < -0.3 is 14.5 Å². The summed E-state index contributed by atoms with van der Waals surface area (Å²) < 4.78 is 48.8. The number of likely N-dealkylation sites (tertiary alicyclic amines) is 1. The molecule has 1 aromatic carbocycles. The van der Waals surface area contributed by atoms with Crippen LogP contribution in [0.5, 0.6) is 0 Å². The summed E-state index contributed by atoms with van der Waals surface area (Å²) in [6.07, 6.45) is -0.150. The second-order valence-electron chi connectivity index (χ2n) is 10.3. The third kappa shape index (κ3) is 4.03. The Balaban J connectivity index is 1.60. The van der Waals surface area contributed by atoms with E-state index in [0.29, 0.717) is 41.9 Å². The van der Waals surface area contributed by atoms with Crippen molar-refractivity contribution in [2.45, 2.75) is 38.3 Å². The molecule has 1 aliphatic carbocycles. The number of rotatable bonds is 6. The number of carbonyl (C=O) groups excluding carboxylic acids is 1. The van der Waals surface area contributed by atoms with E-state index in [-0.39, 0.29) is 35.4 Å². The maximum Gasteiger partial charge on any atom is 0.266 e. The Morgan fingerprint density at radius 2 is 2.05 bits per heavy atom. The first-order chi connectivity index (χ1) is 18.1. The lowest BCUT2D eigenvalue weighted by Gasteiger charge is -2.34. The Labute approximate surface area is 218 Å². The van der Waals surface area contributed by atoms with Crippen LogP contribution in [-0.2, 0) is 28.7 Å². The van der Waals surface area contributed by atoms with E-state index in [2.05, 4.69) is 9.97 Å². The molecule has 0 radical (unpaired) electrons. The van der Waals surface area contributed by atoms with E-state index in [4.69, 9.17) is 4.74 Å². The van der Waals surface area contributed by atoms with Gasteiger partial charge in [-0.25, -0.2) is 23.1 Å². The van der Waals surface area contributed by atoms with Crippen molar-refractivity contribution in [2.75, 3.05) is 32.1 Å². The van der Waals surface area contributed by atoms with Gasteiger partial charge in [0.1, 0.15) is 29.2 Å². The number of aromatic nitrogens is 3. The lowest BCUT2D eigenvalue weighted by atomic mass is 9.82. The van der Waals surface area contributed by atoms with Crippen LogP contribution in [0.15, 0.2) is 35.4 Å². The molecular weight excluding hydrogens is 499 g/mol. The first-order valence-electron chi connectivity index (χ1n) is 12.5. The topological polar surface area (TPSA) is 80.6 Å². The van der Waals surface area contributed by atoms with E-state index in [1.54, 1.807) is 44.0 Å². The Bertz CT molecular complexity index is 1460. The molecule has 0 N–H and O–H groups in total. The van der Waals surface area contributed by atoms with Crippen LogP contribution in [0, 0.1) is 17.7 Å². The van der Waals surface area contributed by atoms with Crippen molar-refractivity contribution in [3.8, 4) is 0 Å². The summed E-state index contributed by atoms with van der Waals surface area (Å²) in [4.78, 5) is 37.9. The molecule has 202 valence electrons. The molecule has 2 aromatic heterocycles. The van der Waals surface area contributed by atoms with Crippen molar-refractivity contribution in [1.29, 1.82) is 0 Å². The van der Waals surface area contributed by atoms with Crippen molar-refractivity contribution < 1.29 is 22.7 Å². The quantitative estimate of drug-likeness (QED) is 0.484. The predicted molar refractivity (Wildman–Crippen MR) is 135 cm³/mol. The van der Waals surface area contributed by atoms with Gasteiger partial charge in [-0.1, -0.05) is 18.2 Å². The maximum absolute atomic E-state index is 14.8. The predicted octanol–water partition coefficient (Wildman–Crippen LogP) is 3.77. The van der Waals surface area contributed by atoms with Gasteiger partial charge in [-0.15, -0.1) is 0 Å². The number of amides is 1. The van der Waals surface area contributed by atoms with Crippen LogP contribution < -0.4 is 10.5 Å². The molecule has 8 nitrogen and oxygen atoms in total. The third-order valence-electron chi connectivity index (χ3n) is 8.29. The minimum absolute atomic E-state index is 0.00345. The highest BCUT2D eigenvalue weighted by atomic mass is 19.3. The van der Waals surface area contributed by atoms with Crippen LogP contribution in [0.1, 0.15) is 42.9 Å². The zero-order valence-electron chi connectivity index (χ0n) is 21.7. The number of fused-ring (bicyclic) bond motifs is 2. The Morgan fingerprint density at radius 3 is 2.74 bits per heavy atom. The Morgan fingerprint density at radius 1 is 1.29 bits per heavy atom. The van der Waals surface area contributed by atoms with E-state index in [0.717, 1.165) is 12.5 Å². The van der Waals surface area contributed by atoms with E-state index in [9.17, 15) is 22.8 Å². The molecule has 0 spiro atoms. The lowest BCUT2D eigenvalue weighted by Crippen LogP contribution is -2.42. The number of halogens is 3. The van der Waals surface area contributed by atoms with Gasteiger partial charge in [0.15, 0.2) is 0 Å². The first kappa shape index (κ1) is 26.1. The summed E-state index contributed by atoms with van der Waals surface area (Å²) in [6.45, 7) is 2.67. The minimum atomic E-state index is -2.92. The number of hydrogen-bond donors (Lipinski definition) is 0. The van der Waals surface area contributed by atoms with Gasteiger partial charge in [0.25, 0.3) is 12.0 Å². The number of ether oxygens (including phenoxy) is 1. The largest absolute Gasteiger partial charge is 0.373 e. The number of pyridine rings is 1. The summed E-state index contributed by atoms with van der Waals surface area (Å²) in [5.41, 5.74) is -0.838. The third-order valence-corrected chi connectivity index (χ3v) is 8.29. The maximum atomic E-state index is 14.8. The van der Waals surface area contributed by atoms with Gasteiger partial charge in [-0.2, -0.15) is 0 Å². The number of benzene rings is 1. The fourth-order valence-corrected chi connectivity index (χ4v) is 6.32. The summed E-state index contributed by atoms with van der Waals surface area (Å²) in [5, 5.41) is 0.554. The van der Waals surface area contributed by atoms with Crippen molar-refractivity contribution in [3.63, 3.8) is 0 Å². The normalized spacial score (nSPS) is 22.9. The monoisotopic (exact) mass is 529 g/mol. The molecule has 0 bridgehead atoms. The highest BCUT2D eigenvalue weighted by molar-refractivity contribution is 5.87. The van der Waals surface area contributed by atoms with E-state index in [1.807, 2.05) is 0 Å². The standard InChI is InChI=1S/C27H30F3N5O3/c1-15(36)35-12-16-8-9-27(38-4,21(16)13-35)20-10-19-24(31-14-32-25(19)34(3)26(20)37)33(2)11-17-6-5-7-18(22(17)28)23(29)30/h5-7,10,14,16,21,23H,8-9,11-13H2,1-4H3. The zero-order chi connectivity index (χ0) is 27.4. The number of nitrogens with zero attached hydrogens (tertiary/aromatic N) is 5. The second kappa shape index (κ2) is 9.68. The SMILES string of the molecule is COC1(c2cc3c(N(C)Cc4cccc(C(F)F)c4F)ncnc3n(C)c2=O)CCC2CN(C(C)=O)CC21. The second-order valence-corrected chi connectivity index (χ2v) is 10.3. The molecule has 3 aromatic rings. The molecule has 5 rings (SSSR count). The molecule has 1 saturated carbocycles. The van der Waals surface area contributed by atoms with Gasteiger partial charge in [0.05, 0.1) is 16.5 Å². The summed E-state index contributed by atoms with van der Waals surface area (Å²) >= 11 is 0. The average Bonchev–Trinajstić information content (AvgIpc) is 3.47. The van der Waals surface area contributed by atoms with Gasteiger partial charge >= 0.3 is 0 Å². The van der Waals surface area contributed by atoms with Gasteiger partial charge in [-0.05, 0) is 24.8 Å². The summed E-state index contributed by atoms with van der Waals surface area (Å²) in [6, 6.07) is 5.68. The van der Waals surface area contributed by atoms with Crippen LogP contribution in [0.4, 0.5) is 19.0 Å². The number of hydrogen-bond acceptors (Lipinski definition) is 6. The van der Waals surface area contributed by atoms with Gasteiger partial charge in [0.2, 0.25) is 5.91 Å². The molecular formula is C27H30F3N5O3. The number of methoxy groups -OCH3 is 1.